The van der Waals surface area contributed by atoms with Gasteiger partial charge in [0.15, 0.2) is 0 Å². The Morgan fingerprint density at radius 1 is 1.67 bits per heavy atom. The first-order chi connectivity index (χ1) is 2.77. The standard InChI is InChI=1S/C3H7N2O/c1-5(2)4-3-6/h1-2H3,(H,4,6)/q-1. The minimum absolute atomic E-state index is 1.49. The van der Waals surface area contributed by atoms with Crippen molar-refractivity contribution in [2.75, 3.05) is 14.1 Å². The Bertz CT molecular complexity index is 44.1. The molecule has 3 heteroatoms. The second-order valence-electron chi connectivity index (χ2n) is 1.11. The SMILES string of the molecule is CN(C)N[C-]=O. The molecule has 0 aliphatic carbocycles. The Morgan fingerprint density at radius 3 is 2.17 bits per heavy atom. The van der Waals surface area contributed by atoms with Crippen LogP contribution in [0.25, 0.3) is 0 Å². The van der Waals surface area contributed by atoms with Crippen molar-refractivity contribution in [3.05, 3.63) is 0 Å². The molecule has 0 aromatic rings. The monoisotopic (exact) mass is 87.1 g/mol. The molecule has 1 amide bonds. The first kappa shape index (κ1) is 5.43. The van der Waals surface area contributed by atoms with Gasteiger partial charge in [-0.3, -0.25) is 5.01 Å². The zero-order valence-corrected chi connectivity index (χ0v) is 3.86. The molecule has 0 heterocycles. The van der Waals surface area contributed by atoms with Gasteiger partial charge in [-0.25, -0.2) is 0 Å². The maximum Gasteiger partial charge on any atom is 0.00329 e. The molecule has 0 rings (SSSR count). The van der Waals surface area contributed by atoms with Crippen molar-refractivity contribution >= 4 is 6.41 Å². The van der Waals surface area contributed by atoms with Crippen LogP contribution in [0.3, 0.4) is 0 Å². The molecule has 0 spiro atoms. The Morgan fingerprint density at radius 2 is 2.17 bits per heavy atom. The van der Waals surface area contributed by atoms with E-state index in [1.165, 1.54) is 11.4 Å². The fourth-order valence-corrected chi connectivity index (χ4v) is 0.0913. The summed E-state index contributed by atoms with van der Waals surface area (Å²) >= 11 is 0. The van der Waals surface area contributed by atoms with Crippen molar-refractivity contribution in [2.24, 2.45) is 0 Å². The van der Waals surface area contributed by atoms with Gasteiger partial charge in [-0.2, -0.15) is 0 Å². The lowest BCUT2D eigenvalue weighted by Crippen LogP contribution is -2.28. The predicted octanol–water partition coefficient (Wildman–Crippen LogP) is -0.880. The first-order valence-electron chi connectivity index (χ1n) is 1.57. The van der Waals surface area contributed by atoms with Crippen LogP contribution in [-0.2, 0) is 4.79 Å². The molecule has 0 aliphatic heterocycles. The van der Waals surface area contributed by atoms with Gasteiger partial charge in [0.25, 0.3) is 0 Å². The predicted molar refractivity (Wildman–Crippen MR) is 22.5 cm³/mol. The molecule has 36 valence electrons. The van der Waals surface area contributed by atoms with Gasteiger partial charge >= 0.3 is 0 Å². The van der Waals surface area contributed by atoms with Crippen LogP contribution in [0, 0.1) is 0 Å². The molecular formula is C3H7N2O-. The second kappa shape index (κ2) is 2.66. The Kier molecular flexibility index (Phi) is 2.40. The van der Waals surface area contributed by atoms with E-state index in [0.29, 0.717) is 0 Å². The molecule has 0 aliphatic rings. The molecule has 6 heavy (non-hydrogen) atoms. The van der Waals surface area contributed by atoms with E-state index in [1.807, 2.05) is 0 Å². The number of rotatable bonds is 2. The molecule has 0 saturated heterocycles. The lowest BCUT2D eigenvalue weighted by molar-refractivity contribution is 0.348. The third kappa shape index (κ3) is 3.43. The summed E-state index contributed by atoms with van der Waals surface area (Å²) in [5.74, 6) is 0. The molecule has 0 aromatic carbocycles. The molecule has 1 N–H and O–H groups in total. The summed E-state index contributed by atoms with van der Waals surface area (Å²) in [6.07, 6.45) is 1.49. The molecule has 0 saturated carbocycles. The molecule has 3 nitrogen and oxygen atoms in total. The number of carbonyl (C=O) groups excluding carboxylic acids is 1. The summed E-state index contributed by atoms with van der Waals surface area (Å²) in [5.41, 5.74) is 2.24. The third-order valence-corrected chi connectivity index (χ3v) is 0.269. The summed E-state index contributed by atoms with van der Waals surface area (Å²) in [5, 5.41) is 1.51. The quantitative estimate of drug-likeness (QED) is 0.269. The summed E-state index contributed by atoms with van der Waals surface area (Å²) < 4.78 is 0. The van der Waals surface area contributed by atoms with Crippen molar-refractivity contribution < 1.29 is 4.79 Å². The van der Waals surface area contributed by atoms with E-state index in [0.717, 1.165) is 0 Å². The van der Waals surface area contributed by atoms with Crippen molar-refractivity contribution in [1.82, 2.24) is 10.4 Å². The van der Waals surface area contributed by atoms with Crippen LogP contribution in [-0.4, -0.2) is 25.5 Å². The molecule has 0 fully saturated rings. The van der Waals surface area contributed by atoms with E-state index in [4.69, 9.17) is 0 Å². The topological polar surface area (TPSA) is 32.3 Å². The van der Waals surface area contributed by atoms with Gasteiger partial charge in [0.2, 0.25) is 0 Å². The number of hydrazine groups is 1. The van der Waals surface area contributed by atoms with E-state index in [1.54, 1.807) is 14.1 Å². The maximum absolute atomic E-state index is 9.34. The van der Waals surface area contributed by atoms with Gasteiger partial charge in [0, 0.05) is 14.1 Å². The van der Waals surface area contributed by atoms with E-state index in [2.05, 4.69) is 5.43 Å². The number of hydrogen-bond acceptors (Lipinski definition) is 2. The fourth-order valence-electron chi connectivity index (χ4n) is 0.0913. The molecule has 0 atom stereocenters. The number of nitrogens with one attached hydrogen (secondary N) is 1. The van der Waals surface area contributed by atoms with Crippen LogP contribution < -0.4 is 5.43 Å². The van der Waals surface area contributed by atoms with Crippen LogP contribution in [0.15, 0.2) is 0 Å². The Labute approximate surface area is 36.9 Å². The summed E-state index contributed by atoms with van der Waals surface area (Å²) in [4.78, 5) is 9.34. The molecule has 0 bridgehead atoms. The third-order valence-electron chi connectivity index (χ3n) is 0.269. The van der Waals surface area contributed by atoms with Crippen LogP contribution in [0.5, 0.6) is 0 Å². The number of nitrogens with zero attached hydrogens (tertiary/aromatic N) is 1. The van der Waals surface area contributed by atoms with Crippen LogP contribution >= 0.6 is 0 Å². The van der Waals surface area contributed by atoms with Crippen molar-refractivity contribution in [3.63, 3.8) is 0 Å². The van der Waals surface area contributed by atoms with Crippen molar-refractivity contribution in [2.45, 2.75) is 0 Å². The lowest BCUT2D eigenvalue weighted by atomic mass is 11.1. The Hall–Kier alpha value is -0.570. The normalized spacial score (nSPS) is 8.50. The highest BCUT2D eigenvalue weighted by atomic mass is 16.1. The molecule has 0 aromatic heterocycles. The van der Waals surface area contributed by atoms with E-state index >= 15 is 0 Å². The number of amides is 1. The first-order valence-corrected chi connectivity index (χ1v) is 1.57. The largest absolute Gasteiger partial charge is 0.519 e. The van der Waals surface area contributed by atoms with Gasteiger partial charge in [-0.15, -0.1) is 6.41 Å². The summed E-state index contributed by atoms with van der Waals surface area (Å²) in [7, 11) is 3.43. The van der Waals surface area contributed by atoms with Gasteiger partial charge in [-0.05, 0) is 0 Å². The minimum Gasteiger partial charge on any atom is -0.519 e. The average molecular weight is 87.1 g/mol. The van der Waals surface area contributed by atoms with Gasteiger partial charge in [0.1, 0.15) is 0 Å². The molecule has 0 radical (unpaired) electrons. The van der Waals surface area contributed by atoms with Crippen molar-refractivity contribution in [3.8, 4) is 0 Å². The van der Waals surface area contributed by atoms with Gasteiger partial charge in [-0.1, -0.05) is 0 Å². The lowest BCUT2D eigenvalue weighted by Gasteiger charge is -2.13. The highest BCUT2D eigenvalue weighted by Gasteiger charge is 1.64. The second-order valence-corrected chi connectivity index (χ2v) is 1.11. The van der Waals surface area contributed by atoms with Gasteiger partial charge < -0.3 is 10.2 Å². The van der Waals surface area contributed by atoms with E-state index in [-0.39, 0.29) is 0 Å². The number of hydrogen-bond donors (Lipinski definition) is 1. The summed E-state index contributed by atoms with van der Waals surface area (Å²) in [6, 6.07) is 0. The summed E-state index contributed by atoms with van der Waals surface area (Å²) in [6.45, 7) is 0. The van der Waals surface area contributed by atoms with E-state index < -0.39 is 0 Å². The van der Waals surface area contributed by atoms with E-state index in [9.17, 15) is 4.79 Å². The van der Waals surface area contributed by atoms with Crippen LogP contribution in [0.2, 0.25) is 0 Å². The smallest absolute Gasteiger partial charge is 0.00329 e. The minimum atomic E-state index is 1.49. The average Bonchev–Trinajstić information content (AvgIpc) is 1.35. The molecular weight excluding hydrogens is 80.0 g/mol. The zero-order valence-electron chi connectivity index (χ0n) is 3.86. The van der Waals surface area contributed by atoms with Crippen LogP contribution in [0.1, 0.15) is 0 Å². The maximum atomic E-state index is 9.34. The highest BCUT2D eigenvalue weighted by Crippen LogP contribution is 1.51. The molecule has 0 unspecified atom stereocenters. The Balaban J connectivity index is 2.81. The van der Waals surface area contributed by atoms with Crippen LogP contribution in [0.4, 0.5) is 0 Å². The highest BCUT2D eigenvalue weighted by molar-refractivity contribution is 5.45. The van der Waals surface area contributed by atoms with Gasteiger partial charge in [0.05, 0.1) is 0 Å². The fraction of sp³-hybridized carbons (Fsp3) is 0.667. The van der Waals surface area contributed by atoms with Crippen molar-refractivity contribution in [1.29, 1.82) is 0 Å². The zero-order chi connectivity index (χ0) is 4.99.